The van der Waals surface area contributed by atoms with Gasteiger partial charge in [0, 0.05) is 6.07 Å². The number of amides is 4. The largest absolute Gasteiger partial charge is 0.350 e. The average molecular weight is 214 g/mol. The molecule has 0 bridgehead atoms. The molecule has 0 spiro atoms. The van der Waals surface area contributed by atoms with E-state index in [2.05, 4.69) is 10.2 Å². The second-order valence-corrected chi connectivity index (χ2v) is 2.53. The van der Waals surface area contributed by atoms with Gasteiger partial charge in [0.05, 0.1) is 0 Å². The van der Waals surface area contributed by atoms with Crippen molar-refractivity contribution < 1.29 is 9.59 Å². The lowest BCUT2D eigenvalue weighted by Crippen LogP contribution is -2.42. The summed E-state index contributed by atoms with van der Waals surface area (Å²) in [5, 5.41) is 7.11. The van der Waals surface area contributed by atoms with Crippen molar-refractivity contribution in [2.24, 2.45) is 23.2 Å². The van der Waals surface area contributed by atoms with E-state index in [0.717, 1.165) is 0 Å². The first-order chi connectivity index (χ1) is 6.93. The van der Waals surface area contributed by atoms with Gasteiger partial charge in [-0.25, -0.2) is 31.3 Å². The van der Waals surface area contributed by atoms with E-state index in [1.54, 1.807) is 0 Å². The van der Waals surface area contributed by atoms with Crippen molar-refractivity contribution in [3.63, 3.8) is 0 Å². The van der Waals surface area contributed by atoms with Crippen LogP contribution in [0.4, 0.5) is 21.2 Å². The predicted molar refractivity (Wildman–Crippen MR) is 51.1 cm³/mol. The molecule has 82 valence electrons. The number of hydrazine groups is 2. The van der Waals surface area contributed by atoms with Crippen LogP contribution in [0.2, 0.25) is 0 Å². The molecule has 0 atom stereocenters. The van der Waals surface area contributed by atoms with E-state index < -0.39 is 12.1 Å². The monoisotopic (exact) mass is 214 g/mol. The molecule has 0 radical (unpaired) electrons. The highest BCUT2D eigenvalue weighted by atomic mass is 16.2. The molecule has 1 rings (SSSR count). The molecule has 15 heavy (non-hydrogen) atoms. The summed E-state index contributed by atoms with van der Waals surface area (Å²) >= 11 is 0. The van der Waals surface area contributed by atoms with Gasteiger partial charge in [-0.1, -0.05) is 0 Å². The fourth-order valence-corrected chi connectivity index (χ4v) is 0.780. The Balaban J connectivity index is 2.89. The first kappa shape index (κ1) is 10.7. The maximum atomic E-state index is 10.7. The van der Waals surface area contributed by atoms with Gasteiger partial charge >= 0.3 is 12.1 Å². The number of nitrogens with two attached hydrogens (primary N) is 4. The van der Waals surface area contributed by atoms with Crippen LogP contribution in [0.25, 0.3) is 0 Å². The molecule has 9 N–H and O–H groups in total. The molecular formula is C5H10N8O2. The van der Waals surface area contributed by atoms with Gasteiger partial charge in [0.25, 0.3) is 0 Å². The number of hydrogen-bond acceptors (Lipinski definition) is 5. The van der Waals surface area contributed by atoms with Gasteiger partial charge in [-0.15, -0.1) is 0 Å². The molecule has 0 saturated carbocycles. The van der Waals surface area contributed by atoms with E-state index >= 15 is 0 Å². The zero-order valence-corrected chi connectivity index (χ0v) is 7.54. The van der Waals surface area contributed by atoms with Crippen molar-refractivity contribution >= 4 is 23.7 Å². The minimum atomic E-state index is -0.907. The highest BCUT2D eigenvalue weighted by molar-refractivity contribution is 5.91. The van der Waals surface area contributed by atoms with Gasteiger partial charge in [0.1, 0.15) is 5.82 Å². The molecule has 0 aromatic carbocycles. The van der Waals surface area contributed by atoms with Crippen LogP contribution in [-0.4, -0.2) is 22.3 Å². The van der Waals surface area contributed by atoms with E-state index in [1.165, 1.54) is 6.07 Å². The molecule has 0 unspecified atom stereocenters. The maximum Gasteiger partial charge on any atom is 0.335 e. The normalized spacial score (nSPS) is 9.73. The van der Waals surface area contributed by atoms with E-state index in [9.17, 15) is 9.59 Å². The van der Waals surface area contributed by atoms with Crippen LogP contribution in [0.3, 0.4) is 0 Å². The van der Waals surface area contributed by atoms with Gasteiger partial charge in [0.15, 0.2) is 5.82 Å². The van der Waals surface area contributed by atoms with Crippen LogP contribution in [0.1, 0.15) is 0 Å². The summed E-state index contributed by atoms with van der Waals surface area (Å²) in [4.78, 5) is 21.3. The second-order valence-electron chi connectivity index (χ2n) is 2.53. The molecular weight excluding hydrogens is 204 g/mol. The molecule has 0 aliphatic heterocycles. The molecule has 0 aliphatic carbocycles. The quantitative estimate of drug-likeness (QED) is 0.215. The molecule has 1 aromatic heterocycles. The summed E-state index contributed by atoms with van der Waals surface area (Å²) in [7, 11) is 0. The van der Waals surface area contributed by atoms with E-state index in [4.69, 9.17) is 23.2 Å². The Morgan fingerprint density at radius 1 is 1.20 bits per heavy atom. The lowest BCUT2D eigenvalue weighted by molar-refractivity contribution is 0.253. The lowest BCUT2D eigenvalue weighted by atomic mass is 10.5. The minimum absolute atomic E-state index is 0.00852. The molecule has 10 heteroatoms. The van der Waals surface area contributed by atoms with Crippen molar-refractivity contribution in [1.82, 2.24) is 10.2 Å². The van der Waals surface area contributed by atoms with Crippen LogP contribution in [0, 0.1) is 0 Å². The third-order valence-electron chi connectivity index (χ3n) is 1.53. The van der Waals surface area contributed by atoms with Crippen molar-refractivity contribution in [1.29, 1.82) is 0 Å². The fourth-order valence-electron chi connectivity index (χ4n) is 0.780. The maximum absolute atomic E-state index is 10.7. The Kier molecular flexibility index (Phi) is 2.73. The van der Waals surface area contributed by atoms with Gasteiger partial charge < -0.3 is 11.5 Å². The van der Waals surface area contributed by atoms with Gasteiger partial charge in [-0.3, -0.25) is 5.10 Å². The van der Waals surface area contributed by atoms with E-state index in [0.29, 0.717) is 10.0 Å². The number of aromatic amines is 1. The van der Waals surface area contributed by atoms with Crippen molar-refractivity contribution in [3.05, 3.63) is 6.07 Å². The van der Waals surface area contributed by atoms with Crippen LogP contribution in [-0.2, 0) is 0 Å². The summed E-state index contributed by atoms with van der Waals surface area (Å²) in [6.07, 6.45) is 0. The topological polar surface area (TPSA) is 173 Å². The van der Waals surface area contributed by atoms with Crippen molar-refractivity contribution in [2.75, 3.05) is 10.0 Å². The summed E-state index contributed by atoms with van der Waals surface area (Å²) in [5.41, 5.74) is 9.78. The fraction of sp³-hybridized carbons (Fsp3) is 0. The Morgan fingerprint density at radius 2 is 1.73 bits per heavy atom. The number of aromatic nitrogens is 2. The Bertz CT molecular complexity index is 352. The third kappa shape index (κ3) is 2.12. The number of carbonyl (C=O) groups is 2. The predicted octanol–water partition coefficient (Wildman–Crippen LogP) is -2.07. The number of urea groups is 2. The number of H-pyrrole nitrogens is 1. The van der Waals surface area contributed by atoms with Crippen LogP contribution >= 0.6 is 0 Å². The lowest BCUT2D eigenvalue weighted by Gasteiger charge is -2.10. The first-order valence-corrected chi connectivity index (χ1v) is 3.67. The second kappa shape index (κ2) is 3.81. The highest BCUT2D eigenvalue weighted by Crippen LogP contribution is 2.14. The summed E-state index contributed by atoms with van der Waals surface area (Å²) in [6.45, 7) is 0. The molecule has 10 nitrogen and oxygen atoms in total. The van der Waals surface area contributed by atoms with Crippen molar-refractivity contribution in [2.45, 2.75) is 0 Å². The number of anilines is 2. The molecule has 1 aromatic rings. The number of nitrogens with one attached hydrogen (secondary N) is 1. The van der Waals surface area contributed by atoms with Crippen LogP contribution < -0.4 is 33.2 Å². The Hall–Kier alpha value is -2.33. The minimum Gasteiger partial charge on any atom is -0.350 e. The van der Waals surface area contributed by atoms with Gasteiger partial charge in [-0.2, -0.15) is 5.10 Å². The standard InChI is InChI=1S/C5H10N8O2/c6-4(14)12(8)2-1-3(11-10-2)13(9)5(7)15/h1H,8-9H2,(H2,6,14)(H2,7,15)(H,10,11). The average Bonchev–Trinajstić information content (AvgIpc) is 2.63. The van der Waals surface area contributed by atoms with E-state index in [1.807, 2.05) is 0 Å². The molecule has 0 aliphatic rings. The van der Waals surface area contributed by atoms with Crippen LogP contribution in [0.15, 0.2) is 6.07 Å². The SMILES string of the molecule is NC(=O)N(N)c1cc(N(N)C(N)=O)[nH]n1. The number of nitrogens with zero attached hydrogens (tertiary/aromatic N) is 3. The Labute approximate surface area is 83.7 Å². The zero-order chi connectivity index (χ0) is 11.6. The molecule has 0 fully saturated rings. The molecule has 0 saturated heterocycles. The Morgan fingerprint density at radius 3 is 2.20 bits per heavy atom. The van der Waals surface area contributed by atoms with Gasteiger partial charge in [0.2, 0.25) is 0 Å². The zero-order valence-electron chi connectivity index (χ0n) is 7.54. The third-order valence-corrected chi connectivity index (χ3v) is 1.53. The summed E-state index contributed by atoms with van der Waals surface area (Å²) < 4.78 is 0. The van der Waals surface area contributed by atoms with E-state index in [-0.39, 0.29) is 11.6 Å². The highest BCUT2D eigenvalue weighted by Gasteiger charge is 2.15. The smallest absolute Gasteiger partial charge is 0.335 e. The van der Waals surface area contributed by atoms with Crippen molar-refractivity contribution in [3.8, 4) is 0 Å². The first-order valence-electron chi connectivity index (χ1n) is 3.67. The number of primary amides is 2. The number of carbonyl (C=O) groups excluding carboxylic acids is 2. The van der Waals surface area contributed by atoms with Crippen LogP contribution in [0.5, 0.6) is 0 Å². The number of hydrogen-bond donors (Lipinski definition) is 5. The number of rotatable bonds is 2. The summed E-state index contributed by atoms with van der Waals surface area (Å²) in [6, 6.07) is -0.571. The molecule has 4 amide bonds. The summed E-state index contributed by atoms with van der Waals surface area (Å²) in [5.74, 6) is 10.6. The molecule has 1 heterocycles. The van der Waals surface area contributed by atoms with Gasteiger partial charge in [-0.05, 0) is 0 Å².